The number of alkyl halides is 3. The predicted molar refractivity (Wildman–Crippen MR) is 89.1 cm³/mol. The van der Waals surface area contributed by atoms with Gasteiger partial charge in [-0.25, -0.2) is 0 Å². The van der Waals surface area contributed by atoms with Gasteiger partial charge in [0, 0.05) is 11.6 Å². The average Bonchev–Trinajstić information content (AvgIpc) is 2.55. The van der Waals surface area contributed by atoms with Crippen molar-refractivity contribution in [3.8, 4) is 0 Å². The van der Waals surface area contributed by atoms with Crippen molar-refractivity contribution in [1.29, 1.82) is 0 Å². The summed E-state index contributed by atoms with van der Waals surface area (Å²) in [5, 5.41) is 5.20. The van der Waals surface area contributed by atoms with Crippen molar-refractivity contribution >= 4 is 17.5 Å². The minimum Gasteiger partial charge on any atom is -0.347 e. The summed E-state index contributed by atoms with van der Waals surface area (Å²) in [6, 6.07) is 5.60. The highest BCUT2D eigenvalue weighted by Gasteiger charge is 2.43. The molecule has 4 nitrogen and oxygen atoms in total. The molecule has 1 saturated carbocycles. The Morgan fingerprint density at radius 3 is 2.40 bits per heavy atom. The number of aryl methyl sites for hydroxylation is 2. The van der Waals surface area contributed by atoms with Gasteiger partial charge in [-0.3, -0.25) is 9.59 Å². The van der Waals surface area contributed by atoms with Gasteiger partial charge >= 0.3 is 6.18 Å². The second-order valence-electron chi connectivity index (χ2n) is 6.63. The van der Waals surface area contributed by atoms with Crippen LogP contribution in [-0.4, -0.2) is 24.5 Å². The van der Waals surface area contributed by atoms with Crippen molar-refractivity contribution in [3.05, 3.63) is 29.3 Å². The van der Waals surface area contributed by atoms with Crippen molar-refractivity contribution in [3.63, 3.8) is 0 Å². The van der Waals surface area contributed by atoms with Gasteiger partial charge in [-0.1, -0.05) is 24.6 Å². The molecule has 1 aromatic rings. The van der Waals surface area contributed by atoms with Crippen LogP contribution in [0, 0.1) is 25.7 Å². The summed E-state index contributed by atoms with van der Waals surface area (Å²) in [4.78, 5) is 24.1. The van der Waals surface area contributed by atoms with Gasteiger partial charge in [-0.2, -0.15) is 13.2 Å². The number of carbonyl (C=O) groups is 2. The largest absolute Gasteiger partial charge is 0.391 e. The molecule has 0 aromatic heterocycles. The van der Waals surface area contributed by atoms with Crippen molar-refractivity contribution in [1.82, 2.24) is 5.32 Å². The number of para-hydroxylation sites is 1. The highest BCUT2D eigenvalue weighted by molar-refractivity contribution is 5.96. The zero-order valence-corrected chi connectivity index (χ0v) is 14.4. The number of benzene rings is 1. The van der Waals surface area contributed by atoms with Crippen molar-refractivity contribution in [2.45, 2.75) is 45.7 Å². The maximum atomic E-state index is 12.8. The second-order valence-corrected chi connectivity index (χ2v) is 6.63. The molecule has 0 saturated heterocycles. The van der Waals surface area contributed by atoms with Crippen LogP contribution in [-0.2, 0) is 9.59 Å². The van der Waals surface area contributed by atoms with Crippen LogP contribution in [0.25, 0.3) is 0 Å². The van der Waals surface area contributed by atoms with Crippen LogP contribution < -0.4 is 10.6 Å². The summed E-state index contributed by atoms with van der Waals surface area (Å²) < 4.78 is 38.4. The summed E-state index contributed by atoms with van der Waals surface area (Å²) in [5.41, 5.74) is 2.50. The quantitative estimate of drug-likeness (QED) is 0.864. The minimum atomic E-state index is -4.27. The number of nitrogens with one attached hydrogen (secondary N) is 2. The Morgan fingerprint density at radius 1 is 1.16 bits per heavy atom. The average molecular weight is 356 g/mol. The van der Waals surface area contributed by atoms with Crippen LogP contribution in [0.4, 0.5) is 18.9 Å². The number of anilines is 1. The first-order chi connectivity index (χ1) is 11.7. The van der Waals surface area contributed by atoms with Gasteiger partial charge in [0.05, 0.1) is 12.5 Å². The standard InChI is InChI=1S/C18H23F3N2O2/c1-11-5-3-6-12(2)16(11)23-15(24)10-22-17(25)13-7-4-8-14(9-13)18(19,20)21/h3,5-6,13-14H,4,7-10H2,1-2H3,(H,22,25)(H,23,24)/t13-,14-/m0/s1. The van der Waals surface area contributed by atoms with Gasteiger partial charge < -0.3 is 10.6 Å². The Kier molecular flexibility index (Phi) is 6.08. The number of hydrogen-bond acceptors (Lipinski definition) is 2. The highest BCUT2D eigenvalue weighted by atomic mass is 19.4. The lowest BCUT2D eigenvalue weighted by atomic mass is 9.80. The normalized spacial score (nSPS) is 20.8. The Bertz CT molecular complexity index is 623. The molecule has 1 aromatic carbocycles. The molecule has 2 N–H and O–H groups in total. The summed E-state index contributed by atoms with van der Waals surface area (Å²) in [6.07, 6.45) is -3.60. The van der Waals surface area contributed by atoms with Crippen LogP contribution in [0.15, 0.2) is 18.2 Å². The van der Waals surface area contributed by atoms with Crippen LogP contribution in [0.2, 0.25) is 0 Å². The zero-order chi connectivity index (χ0) is 18.6. The van der Waals surface area contributed by atoms with E-state index >= 15 is 0 Å². The molecule has 0 bridgehead atoms. The number of rotatable bonds is 4. The summed E-state index contributed by atoms with van der Waals surface area (Å²) in [6.45, 7) is 3.47. The van der Waals surface area contributed by atoms with E-state index in [9.17, 15) is 22.8 Å². The smallest absolute Gasteiger partial charge is 0.347 e. The first-order valence-electron chi connectivity index (χ1n) is 8.39. The topological polar surface area (TPSA) is 58.2 Å². The summed E-state index contributed by atoms with van der Waals surface area (Å²) in [7, 11) is 0. The van der Waals surface area contributed by atoms with Gasteiger partial charge in [0.15, 0.2) is 0 Å². The van der Waals surface area contributed by atoms with Crippen molar-refractivity contribution in [2.75, 3.05) is 11.9 Å². The van der Waals surface area contributed by atoms with E-state index < -0.39 is 29.8 Å². The molecule has 25 heavy (non-hydrogen) atoms. The molecule has 7 heteroatoms. The number of carbonyl (C=O) groups excluding carboxylic acids is 2. The fraction of sp³-hybridized carbons (Fsp3) is 0.556. The van der Waals surface area contributed by atoms with Gasteiger partial charge in [-0.05, 0) is 44.2 Å². The maximum Gasteiger partial charge on any atom is 0.391 e. The van der Waals surface area contributed by atoms with E-state index in [0.717, 1.165) is 11.1 Å². The second kappa shape index (κ2) is 7.89. The predicted octanol–water partition coefficient (Wildman–Crippen LogP) is 3.73. The molecule has 0 radical (unpaired) electrons. The van der Waals surface area contributed by atoms with E-state index in [2.05, 4.69) is 10.6 Å². The van der Waals surface area contributed by atoms with Crippen molar-refractivity contribution < 1.29 is 22.8 Å². The lowest BCUT2D eigenvalue weighted by Crippen LogP contribution is -2.40. The fourth-order valence-corrected chi connectivity index (χ4v) is 3.23. The van der Waals surface area contributed by atoms with E-state index in [4.69, 9.17) is 0 Å². The molecule has 0 heterocycles. The number of amides is 2. The van der Waals surface area contributed by atoms with Crippen LogP contribution in [0.3, 0.4) is 0 Å². The van der Waals surface area contributed by atoms with Crippen LogP contribution in [0.1, 0.15) is 36.8 Å². The molecule has 1 aliphatic rings. The van der Waals surface area contributed by atoms with Crippen LogP contribution >= 0.6 is 0 Å². The molecule has 138 valence electrons. The zero-order valence-electron chi connectivity index (χ0n) is 14.4. The van der Waals surface area contributed by atoms with E-state index in [0.29, 0.717) is 18.5 Å². The molecule has 2 amide bonds. The summed E-state index contributed by atoms with van der Waals surface area (Å²) in [5.74, 6) is -2.99. The Morgan fingerprint density at radius 2 is 1.80 bits per heavy atom. The Hall–Kier alpha value is -2.05. The van der Waals surface area contributed by atoms with Crippen molar-refractivity contribution in [2.24, 2.45) is 11.8 Å². The van der Waals surface area contributed by atoms with Gasteiger partial charge in [-0.15, -0.1) is 0 Å². The Labute approximate surface area is 145 Å². The molecular weight excluding hydrogens is 333 g/mol. The molecule has 2 rings (SSSR count). The number of hydrogen-bond donors (Lipinski definition) is 2. The number of halogens is 3. The Balaban J connectivity index is 1.86. The van der Waals surface area contributed by atoms with Gasteiger partial charge in [0.25, 0.3) is 0 Å². The first kappa shape index (κ1) is 19.3. The monoisotopic (exact) mass is 356 g/mol. The third-order valence-corrected chi connectivity index (χ3v) is 4.68. The van der Waals surface area contributed by atoms with Gasteiger partial charge in [0.1, 0.15) is 0 Å². The summed E-state index contributed by atoms with van der Waals surface area (Å²) >= 11 is 0. The lowest BCUT2D eigenvalue weighted by molar-refractivity contribution is -0.186. The van der Waals surface area contributed by atoms with Crippen LogP contribution in [0.5, 0.6) is 0 Å². The molecule has 1 fully saturated rings. The molecule has 0 unspecified atom stereocenters. The highest BCUT2D eigenvalue weighted by Crippen LogP contribution is 2.39. The maximum absolute atomic E-state index is 12.8. The molecule has 1 aliphatic carbocycles. The van der Waals surface area contributed by atoms with E-state index in [1.165, 1.54) is 0 Å². The fourth-order valence-electron chi connectivity index (χ4n) is 3.23. The molecular formula is C18H23F3N2O2. The lowest BCUT2D eigenvalue weighted by Gasteiger charge is -2.29. The SMILES string of the molecule is Cc1cccc(C)c1NC(=O)CNC(=O)[C@H]1CCC[C@H](C(F)(F)F)C1. The molecule has 2 atom stereocenters. The van der Waals surface area contributed by atoms with E-state index in [1.807, 2.05) is 32.0 Å². The minimum absolute atomic E-state index is 0.0698. The molecule has 0 aliphatic heterocycles. The molecule has 0 spiro atoms. The third kappa shape index (κ3) is 5.21. The van der Waals surface area contributed by atoms with Gasteiger partial charge in [0.2, 0.25) is 11.8 Å². The van der Waals surface area contributed by atoms with E-state index in [1.54, 1.807) is 0 Å². The third-order valence-electron chi connectivity index (χ3n) is 4.68. The van der Waals surface area contributed by atoms with E-state index in [-0.39, 0.29) is 19.4 Å². The first-order valence-corrected chi connectivity index (χ1v) is 8.39.